The predicted octanol–water partition coefficient (Wildman–Crippen LogP) is 2.07. The van der Waals surface area contributed by atoms with Crippen LogP contribution in [0.2, 0.25) is 0 Å². The minimum Gasteiger partial charge on any atom is -0.392 e. The zero-order valence-corrected chi connectivity index (χ0v) is 12.0. The van der Waals surface area contributed by atoms with Crippen LogP contribution < -0.4 is 4.72 Å². The molecule has 0 radical (unpaired) electrons. The number of nitrogens with one attached hydrogen (secondary N) is 1. The smallest absolute Gasteiger partial charge is 0.243 e. The molecule has 0 aromatic heterocycles. The minimum absolute atomic E-state index is 0.225. The molecule has 0 saturated heterocycles. The van der Waals surface area contributed by atoms with Crippen LogP contribution in [0.15, 0.2) is 41.3 Å². The van der Waals surface area contributed by atoms with Gasteiger partial charge in [0.15, 0.2) is 17.5 Å². The molecule has 2 aromatic rings. The molecular weight excluding hydrogens is 319 g/mol. The number of aliphatic hydroxyl groups excluding tert-OH is 1. The second-order valence-electron chi connectivity index (χ2n) is 4.42. The van der Waals surface area contributed by atoms with Crippen LogP contribution in [0, 0.1) is 17.5 Å². The fraction of sp³-hybridized carbons (Fsp3) is 0.143. The van der Waals surface area contributed by atoms with Crippen LogP contribution in [-0.4, -0.2) is 13.5 Å². The monoisotopic (exact) mass is 331 g/mol. The predicted molar refractivity (Wildman–Crippen MR) is 72.7 cm³/mol. The van der Waals surface area contributed by atoms with E-state index in [-0.39, 0.29) is 13.2 Å². The summed E-state index contributed by atoms with van der Waals surface area (Å²) in [5.41, 5.74) is 0.979. The van der Waals surface area contributed by atoms with E-state index in [2.05, 4.69) is 4.72 Å². The quantitative estimate of drug-likeness (QED) is 0.825. The van der Waals surface area contributed by atoms with Gasteiger partial charge in [-0.1, -0.05) is 24.3 Å². The van der Waals surface area contributed by atoms with Gasteiger partial charge in [0, 0.05) is 6.54 Å². The lowest BCUT2D eigenvalue weighted by atomic mass is 10.1. The number of sulfonamides is 1. The summed E-state index contributed by atoms with van der Waals surface area (Å²) in [4.78, 5) is -0.979. The molecule has 2 N–H and O–H groups in total. The van der Waals surface area contributed by atoms with Crippen molar-refractivity contribution in [1.29, 1.82) is 0 Å². The zero-order chi connectivity index (χ0) is 16.3. The van der Waals surface area contributed by atoms with E-state index in [0.717, 1.165) is 0 Å². The summed E-state index contributed by atoms with van der Waals surface area (Å²) in [5, 5.41) is 9.15. The molecule has 0 saturated carbocycles. The lowest BCUT2D eigenvalue weighted by molar-refractivity contribution is 0.280. The number of hydrogen-bond acceptors (Lipinski definition) is 3. The Morgan fingerprint density at radius 2 is 1.59 bits per heavy atom. The molecule has 0 atom stereocenters. The van der Waals surface area contributed by atoms with Gasteiger partial charge in [0.05, 0.1) is 6.61 Å². The van der Waals surface area contributed by atoms with Crippen molar-refractivity contribution in [3.05, 3.63) is 65.0 Å². The molecule has 8 heteroatoms. The molecular formula is C14H12F3NO3S. The molecule has 2 rings (SSSR count). The molecule has 0 heterocycles. The summed E-state index contributed by atoms with van der Waals surface area (Å²) in [6, 6.07) is 7.67. The van der Waals surface area contributed by atoms with E-state index < -0.39 is 32.4 Å². The normalized spacial score (nSPS) is 11.6. The van der Waals surface area contributed by atoms with Crippen LogP contribution in [0.25, 0.3) is 0 Å². The molecule has 0 fully saturated rings. The molecule has 118 valence electrons. The highest BCUT2D eigenvalue weighted by Crippen LogP contribution is 2.20. The molecule has 22 heavy (non-hydrogen) atoms. The highest BCUT2D eigenvalue weighted by Gasteiger charge is 2.23. The average Bonchev–Trinajstić information content (AvgIpc) is 2.50. The van der Waals surface area contributed by atoms with Crippen LogP contribution in [0.4, 0.5) is 13.2 Å². The Labute approximate surface area is 125 Å². The highest BCUT2D eigenvalue weighted by molar-refractivity contribution is 7.89. The van der Waals surface area contributed by atoms with Crippen LogP contribution in [0.1, 0.15) is 11.1 Å². The first-order valence-electron chi connectivity index (χ1n) is 6.17. The molecule has 0 unspecified atom stereocenters. The molecule has 4 nitrogen and oxygen atoms in total. The van der Waals surface area contributed by atoms with Gasteiger partial charge in [-0.3, -0.25) is 0 Å². The third-order valence-corrected chi connectivity index (χ3v) is 4.45. The largest absolute Gasteiger partial charge is 0.392 e. The summed E-state index contributed by atoms with van der Waals surface area (Å²) in [5.74, 6) is -5.09. The molecule has 2 aromatic carbocycles. The maximum atomic E-state index is 13.6. The fourth-order valence-corrected chi connectivity index (χ4v) is 2.92. The van der Waals surface area contributed by atoms with Crippen molar-refractivity contribution < 1.29 is 26.7 Å². The van der Waals surface area contributed by atoms with Gasteiger partial charge >= 0.3 is 0 Å². The SMILES string of the molecule is O=S(=O)(NCc1ccccc1CO)c1ccc(F)c(F)c1F. The molecule has 0 aliphatic rings. The number of aliphatic hydroxyl groups is 1. The van der Waals surface area contributed by atoms with E-state index in [1.165, 1.54) is 0 Å². The summed E-state index contributed by atoms with van der Waals surface area (Å²) in [6.45, 7) is -0.519. The van der Waals surface area contributed by atoms with Crippen LogP contribution in [0.5, 0.6) is 0 Å². The third kappa shape index (κ3) is 3.29. The Morgan fingerprint density at radius 3 is 2.23 bits per heavy atom. The van der Waals surface area contributed by atoms with E-state index in [4.69, 9.17) is 5.11 Å². The van der Waals surface area contributed by atoms with Crippen molar-refractivity contribution in [2.45, 2.75) is 18.0 Å². The van der Waals surface area contributed by atoms with Gasteiger partial charge in [-0.15, -0.1) is 0 Å². The van der Waals surface area contributed by atoms with E-state index >= 15 is 0 Å². The van der Waals surface area contributed by atoms with Gasteiger partial charge in [-0.05, 0) is 23.3 Å². The van der Waals surface area contributed by atoms with E-state index in [1.807, 2.05) is 0 Å². The Hall–Kier alpha value is -1.90. The molecule has 0 spiro atoms. The Bertz CT molecular complexity index is 794. The summed E-state index contributed by atoms with van der Waals surface area (Å²) in [7, 11) is -4.37. The first-order chi connectivity index (χ1) is 10.4. The molecule has 0 bridgehead atoms. The Morgan fingerprint density at radius 1 is 0.955 bits per heavy atom. The Balaban J connectivity index is 2.27. The standard InChI is InChI=1S/C14H12F3NO3S/c15-11-5-6-12(14(17)13(11)16)22(20,21)18-7-9-3-1-2-4-10(9)8-19/h1-6,18-19H,7-8H2. The summed E-state index contributed by atoms with van der Waals surface area (Å²) < 4.78 is 65.6. The highest BCUT2D eigenvalue weighted by atomic mass is 32.2. The maximum Gasteiger partial charge on any atom is 0.243 e. The van der Waals surface area contributed by atoms with Gasteiger partial charge in [-0.2, -0.15) is 0 Å². The van der Waals surface area contributed by atoms with Gasteiger partial charge in [0.25, 0.3) is 0 Å². The summed E-state index contributed by atoms with van der Waals surface area (Å²) in [6.07, 6.45) is 0. The summed E-state index contributed by atoms with van der Waals surface area (Å²) >= 11 is 0. The van der Waals surface area contributed by atoms with Crippen molar-refractivity contribution >= 4 is 10.0 Å². The average molecular weight is 331 g/mol. The molecule has 0 amide bonds. The van der Waals surface area contributed by atoms with Crippen LogP contribution >= 0.6 is 0 Å². The first kappa shape index (κ1) is 16.5. The van der Waals surface area contributed by atoms with Crippen molar-refractivity contribution in [2.75, 3.05) is 0 Å². The van der Waals surface area contributed by atoms with Crippen molar-refractivity contribution in [3.63, 3.8) is 0 Å². The van der Waals surface area contributed by atoms with Crippen molar-refractivity contribution in [1.82, 2.24) is 4.72 Å². The van der Waals surface area contributed by atoms with Crippen LogP contribution in [0.3, 0.4) is 0 Å². The number of benzene rings is 2. The third-order valence-electron chi connectivity index (χ3n) is 3.03. The van der Waals surface area contributed by atoms with Gasteiger partial charge in [-0.25, -0.2) is 26.3 Å². The second kappa shape index (κ2) is 6.47. The minimum atomic E-state index is -4.37. The maximum absolute atomic E-state index is 13.6. The van der Waals surface area contributed by atoms with Crippen molar-refractivity contribution in [3.8, 4) is 0 Å². The fourth-order valence-electron chi connectivity index (χ4n) is 1.85. The number of hydrogen-bond donors (Lipinski definition) is 2. The van der Waals surface area contributed by atoms with E-state index in [9.17, 15) is 21.6 Å². The van der Waals surface area contributed by atoms with Gasteiger partial charge < -0.3 is 5.11 Å². The molecule has 0 aliphatic carbocycles. The zero-order valence-electron chi connectivity index (χ0n) is 11.2. The van der Waals surface area contributed by atoms with Gasteiger partial charge in [0.1, 0.15) is 4.90 Å². The number of halogens is 3. The number of rotatable bonds is 5. The first-order valence-corrected chi connectivity index (χ1v) is 7.66. The van der Waals surface area contributed by atoms with Crippen LogP contribution in [-0.2, 0) is 23.2 Å². The topological polar surface area (TPSA) is 66.4 Å². The van der Waals surface area contributed by atoms with E-state index in [1.54, 1.807) is 24.3 Å². The van der Waals surface area contributed by atoms with Crippen molar-refractivity contribution in [2.24, 2.45) is 0 Å². The Kier molecular flexibility index (Phi) is 4.84. The molecule has 0 aliphatic heterocycles. The van der Waals surface area contributed by atoms with E-state index in [0.29, 0.717) is 23.3 Å². The lowest BCUT2D eigenvalue weighted by Crippen LogP contribution is -2.25. The van der Waals surface area contributed by atoms with Gasteiger partial charge in [0.2, 0.25) is 10.0 Å². The second-order valence-corrected chi connectivity index (χ2v) is 6.16. The lowest BCUT2D eigenvalue weighted by Gasteiger charge is -2.10.